The first-order chi connectivity index (χ1) is 10.4. The van der Waals surface area contributed by atoms with Crippen LogP contribution in [0.1, 0.15) is 11.1 Å². The summed E-state index contributed by atoms with van der Waals surface area (Å²) in [5, 5.41) is 0. The first-order valence-electron chi connectivity index (χ1n) is 6.31. The number of thiol groups is 1. The number of nitrogens with zero attached hydrogens (tertiary/aromatic N) is 1. The fourth-order valence-corrected chi connectivity index (χ4v) is 4.29. The summed E-state index contributed by atoms with van der Waals surface area (Å²) in [6, 6.07) is 11.0. The van der Waals surface area contributed by atoms with Gasteiger partial charge in [-0.2, -0.15) is 13.2 Å². The number of fused-ring (bicyclic) bond motifs is 1. The molecule has 0 atom stereocenters. The van der Waals surface area contributed by atoms with Gasteiger partial charge in [-0.15, -0.1) is 24.0 Å². The highest BCUT2D eigenvalue weighted by atomic mass is 32.2. The average molecular weight is 357 g/mol. The van der Waals surface area contributed by atoms with Crippen LogP contribution in [0.3, 0.4) is 0 Å². The zero-order chi connectivity index (χ0) is 15.7. The van der Waals surface area contributed by atoms with Gasteiger partial charge in [0.15, 0.2) is 4.34 Å². The van der Waals surface area contributed by atoms with Gasteiger partial charge in [0.25, 0.3) is 0 Å². The van der Waals surface area contributed by atoms with Gasteiger partial charge in [-0.3, -0.25) is 0 Å². The Morgan fingerprint density at radius 2 is 1.82 bits per heavy atom. The number of thioether (sulfide) groups is 1. The molecule has 114 valence electrons. The third-order valence-corrected chi connectivity index (χ3v) is 5.62. The second-order valence-corrected chi connectivity index (χ2v) is 7.32. The number of rotatable bonds is 3. The van der Waals surface area contributed by atoms with Crippen LogP contribution in [0.5, 0.6) is 0 Å². The molecule has 0 amide bonds. The smallest absolute Gasteiger partial charge is 0.228 e. The molecule has 0 aliphatic rings. The lowest BCUT2D eigenvalue weighted by atomic mass is 10.1. The summed E-state index contributed by atoms with van der Waals surface area (Å²) in [5.74, 6) is 0.583. The van der Waals surface area contributed by atoms with E-state index < -0.39 is 11.7 Å². The maximum atomic E-state index is 12.5. The first-order valence-corrected chi connectivity index (χ1v) is 8.56. The van der Waals surface area contributed by atoms with Gasteiger partial charge in [0.1, 0.15) is 0 Å². The van der Waals surface area contributed by atoms with E-state index in [1.807, 2.05) is 18.2 Å². The quantitative estimate of drug-likeness (QED) is 0.463. The van der Waals surface area contributed by atoms with E-state index in [1.165, 1.54) is 23.9 Å². The molecule has 0 fully saturated rings. The van der Waals surface area contributed by atoms with Crippen LogP contribution < -0.4 is 0 Å². The molecule has 7 heteroatoms. The van der Waals surface area contributed by atoms with E-state index in [1.54, 1.807) is 11.3 Å². The molecule has 0 N–H and O–H groups in total. The van der Waals surface area contributed by atoms with Gasteiger partial charge in [0, 0.05) is 10.6 Å². The van der Waals surface area contributed by atoms with Gasteiger partial charge >= 0.3 is 6.18 Å². The standard InChI is InChI=1S/C15H10F3NS3/c16-15(17,18)10-6-4-9(5-7-10)8-21-14-19-13-11(20)2-1-3-12(13)22-14/h1-7,20H,8H2. The van der Waals surface area contributed by atoms with Crippen LogP contribution in [0.25, 0.3) is 10.2 Å². The molecule has 1 aromatic heterocycles. The van der Waals surface area contributed by atoms with Gasteiger partial charge in [0.05, 0.1) is 15.8 Å². The molecule has 0 aliphatic heterocycles. The lowest BCUT2D eigenvalue weighted by molar-refractivity contribution is -0.137. The molecule has 2 aromatic carbocycles. The minimum atomic E-state index is -4.29. The topological polar surface area (TPSA) is 12.9 Å². The predicted octanol–water partition coefficient (Wildman–Crippen LogP) is 5.90. The number of para-hydroxylation sites is 1. The Morgan fingerprint density at radius 3 is 2.45 bits per heavy atom. The van der Waals surface area contributed by atoms with E-state index >= 15 is 0 Å². The Hall–Kier alpha value is -1.18. The molecule has 1 heterocycles. The lowest BCUT2D eigenvalue weighted by Crippen LogP contribution is -2.04. The number of hydrogen-bond donors (Lipinski definition) is 1. The Morgan fingerprint density at radius 1 is 1.09 bits per heavy atom. The number of hydrogen-bond acceptors (Lipinski definition) is 4. The fourth-order valence-electron chi connectivity index (χ4n) is 1.91. The predicted molar refractivity (Wildman–Crippen MR) is 87.9 cm³/mol. The largest absolute Gasteiger partial charge is 0.416 e. The van der Waals surface area contributed by atoms with E-state index in [2.05, 4.69) is 17.6 Å². The molecular weight excluding hydrogens is 347 g/mol. The monoisotopic (exact) mass is 357 g/mol. The number of aromatic nitrogens is 1. The maximum absolute atomic E-state index is 12.5. The number of alkyl halides is 3. The van der Waals surface area contributed by atoms with Crippen LogP contribution in [-0.4, -0.2) is 4.98 Å². The van der Waals surface area contributed by atoms with Crippen LogP contribution in [0.15, 0.2) is 51.7 Å². The third kappa shape index (κ3) is 3.42. The molecule has 0 saturated heterocycles. The van der Waals surface area contributed by atoms with Crippen molar-refractivity contribution in [1.82, 2.24) is 4.98 Å². The van der Waals surface area contributed by atoms with Crippen LogP contribution >= 0.6 is 35.7 Å². The van der Waals surface area contributed by atoms with Crippen molar-refractivity contribution in [1.29, 1.82) is 0 Å². The Balaban J connectivity index is 1.72. The van der Waals surface area contributed by atoms with Crippen LogP contribution in [0, 0.1) is 0 Å². The van der Waals surface area contributed by atoms with Crippen molar-refractivity contribution < 1.29 is 13.2 Å². The molecule has 0 unspecified atom stereocenters. The van der Waals surface area contributed by atoms with E-state index in [9.17, 15) is 13.2 Å². The molecule has 1 nitrogen and oxygen atoms in total. The highest BCUT2D eigenvalue weighted by Gasteiger charge is 2.29. The maximum Gasteiger partial charge on any atom is 0.416 e. The third-order valence-electron chi connectivity index (χ3n) is 3.02. The number of benzene rings is 2. The number of halogens is 3. The van der Waals surface area contributed by atoms with Crippen molar-refractivity contribution in [3.05, 3.63) is 53.6 Å². The van der Waals surface area contributed by atoms with Crippen LogP contribution in [0.2, 0.25) is 0 Å². The SMILES string of the molecule is FC(F)(F)c1ccc(CSc2nc3c(S)cccc3s2)cc1. The summed E-state index contributed by atoms with van der Waals surface area (Å²) in [7, 11) is 0. The minimum Gasteiger partial charge on any atom is -0.228 e. The summed E-state index contributed by atoms with van der Waals surface area (Å²) >= 11 is 7.44. The molecular formula is C15H10F3NS3. The Bertz CT molecular complexity index is 794. The minimum absolute atomic E-state index is 0.583. The fraction of sp³-hybridized carbons (Fsp3) is 0.133. The lowest BCUT2D eigenvalue weighted by Gasteiger charge is -2.06. The first kappa shape index (κ1) is 15.7. The number of thiazole rings is 1. The van der Waals surface area contributed by atoms with E-state index in [-0.39, 0.29) is 0 Å². The van der Waals surface area contributed by atoms with Crippen molar-refractivity contribution >= 4 is 45.9 Å². The van der Waals surface area contributed by atoms with Gasteiger partial charge in [0.2, 0.25) is 0 Å². The summed E-state index contributed by atoms with van der Waals surface area (Å²) in [4.78, 5) is 5.34. The van der Waals surface area contributed by atoms with Crippen LogP contribution in [0.4, 0.5) is 13.2 Å². The second kappa shape index (κ2) is 6.14. The zero-order valence-corrected chi connectivity index (χ0v) is 13.6. The van der Waals surface area contributed by atoms with Gasteiger partial charge in [-0.25, -0.2) is 4.98 Å². The normalized spacial score (nSPS) is 12.0. The van der Waals surface area contributed by atoms with E-state index in [0.717, 1.165) is 37.1 Å². The molecule has 0 spiro atoms. The van der Waals surface area contributed by atoms with E-state index in [0.29, 0.717) is 5.75 Å². The van der Waals surface area contributed by atoms with E-state index in [4.69, 9.17) is 0 Å². The Kier molecular flexibility index (Phi) is 4.38. The molecule has 22 heavy (non-hydrogen) atoms. The van der Waals surface area contributed by atoms with Crippen molar-refractivity contribution in [3.63, 3.8) is 0 Å². The van der Waals surface area contributed by atoms with Gasteiger partial charge in [-0.1, -0.05) is 30.0 Å². The van der Waals surface area contributed by atoms with Crippen molar-refractivity contribution in [3.8, 4) is 0 Å². The highest BCUT2D eigenvalue weighted by Crippen LogP contribution is 2.34. The average Bonchev–Trinajstić information content (AvgIpc) is 2.89. The second-order valence-electron chi connectivity index (χ2n) is 4.59. The van der Waals surface area contributed by atoms with Gasteiger partial charge < -0.3 is 0 Å². The summed E-state index contributed by atoms with van der Waals surface area (Å²) < 4.78 is 39.5. The van der Waals surface area contributed by atoms with Crippen molar-refractivity contribution in [2.75, 3.05) is 0 Å². The Labute approximate surface area is 139 Å². The zero-order valence-electron chi connectivity index (χ0n) is 11.1. The highest BCUT2D eigenvalue weighted by molar-refractivity contribution is 8.00. The van der Waals surface area contributed by atoms with Crippen LogP contribution in [-0.2, 0) is 11.9 Å². The molecule has 0 bridgehead atoms. The summed E-state index contributed by atoms with van der Waals surface area (Å²) in [5.41, 5.74) is 1.08. The molecule has 0 saturated carbocycles. The van der Waals surface area contributed by atoms with Crippen molar-refractivity contribution in [2.24, 2.45) is 0 Å². The molecule has 3 aromatic rings. The van der Waals surface area contributed by atoms with Gasteiger partial charge in [-0.05, 0) is 29.8 Å². The molecule has 0 aliphatic carbocycles. The van der Waals surface area contributed by atoms with Crippen molar-refractivity contribution in [2.45, 2.75) is 21.2 Å². The summed E-state index contributed by atoms with van der Waals surface area (Å²) in [6.07, 6.45) is -4.29. The molecule has 3 rings (SSSR count). The summed E-state index contributed by atoms with van der Waals surface area (Å²) in [6.45, 7) is 0. The molecule has 0 radical (unpaired) electrons.